The number of fused-ring (bicyclic) bond motifs is 1. The van der Waals surface area contributed by atoms with Crippen LogP contribution in [-0.2, 0) is 4.74 Å². The number of rotatable bonds is 5. The molecule has 1 aromatic carbocycles. The van der Waals surface area contributed by atoms with Crippen molar-refractivity contribution in [2.75, 3.05) is 30.7 Å². The molecule has 0 atom stereocenters. The number of aromatic nitrogens is 1. The second kappa shape index (κ2) is 6.99. The lowest BCUT2D eigenvalue weighted by Crippen LogP contribution is -2.06. The second-order valence-corrected chi connectivity index (χ2v) is 10.6. The van der Waals surface area contributed by atoms with Gasteiger partial charge in [0.05, 0.1) is 17.7 Å². The van der Waals surface area contributed by atoms with Crippen LogP contribution in [0.1, 0.15) is 18.9 Å². The van der Waals surface area contributed by atoms with E-state index in [0.717, 1.165) is 4.90 Å². The summed E-state index contributed by atoms with van der Waals surface area (Å²) in [5, 5.41) is 3.57. The SMILES string of the molecule is CCOC(=O)c1oc2ccncc2c1Nc1ccc(S(C)(C)C)cc1F.[HH]. The Balaban J connectivity index is 0.00000261. The number of ether oxygens (including phenoxy) is 1. The van der Waals surface area contributed by atoms with E-state index in [9.17, 15) is 9.18 Å². The highest BCUT2D eigenvalue weighted by Crippen LogP contribution is 2.46. The van der Waals surface area contributed by atoms with Gasteiger partial charge in [-0.3, -0.25) is 4.98 Å². The van der Waals surface area contributed by atoms with Crippen LogP contribution >= 0.6 is 10.0 Å². The average molecular weight is 378 g/mol. The van der Waals surface area contributed by atoms with Crippen LogP contribution in [0.25, 0.3) is 11.0 Å². The molecule has 0 radical (unpaired) electrons. The van der Waals surface area contributed by atoms with Gasteiger partial charge < -0.3 is 14.5 Å². The standard InChI is InChI=1S/C19H21FN2O3S.H2/c1-5-24-19(23)18-17(13-11-21-9-8-16(13)25-18)22-15-7-6-12(10-14(15)20)26(2,3)4;/h6-11,22H,5H2,1-4H3;1H. The van der Waals surface area contributed by atoms with Crippen LogP contribution in [0.2, 0.25) is 0 Å². The van der Waals surface area contributed by atoms with Gasteiger partial charge in [0.15, 0.2) is 0 Å². The molecule has 26 heavy (non-hydrogen) atoms. The molecule has 0 aliphatic heterocycles. The molecule has 0 aliphatic rings. The average Bonchev–Trinajstić information content (AvgIpc) is 2.95. The highest BCUT2D eigenvalue weighted by Gasteiger charge is 2.23. The number of esters is 1. The number of carbonyl (C=O) groups is 1. The summed E-state index contributed by atoms with van der Waals surface area (Å²) in [6.45, 7) is 1.92. The molecule has 1 N–H and O–H groups in total. The zero-order valence-corrected chi connectivity index (χ0v) is 15.9. The summed E-state index contributed by atoms with van der Waals surface area (Å²) in [6.07, 6.45) is 9.43. The Bertz CT molecular complexity index is 969. The molecule has 0 amide bonds. The van der Waals surface area contributed by atoms with E-state index in [2.05, 4.69) is 29.1 Å². The minimum Gasteiger partial charge on any atom is -0.460 e. The Morgan fingerprint density at radius 1 is 1.35 bits per heavy atom. The number of hydrogen-bond acceptors (Lipinski definition) is 5. The summed E-state index contributed by atoms with van der Waals surface area (Å²) in [5.74, 6) is -1.000. The molecule has 0 unspecified atom stereocenters. The zero-order chi connectivity index (χ0) is 18.9. The molecular weight excluding hydrogens is 355 g/mol. The molecule has 2 aromatic heterocycles. The third kappa shape index (κ3) is 3.53. The molecule has 0 fully saturated rings. The van der Waals surface area contributed by atoms with Crippen LogP contribution in [0.4, 0.5) is 15.8 Å². The number of nitrogens with one attached hydrogen (secondary N) is 1. The number of hydrogen-bond donors (Lipinski definition) is 1. The quantitative estimate of drug-likeness (QED) is 0.619. The van der Waals surface area contributed by atoms with Crippen molar-refractivity contribution in [1.82, 2.24) is 4.98 Å². The van der Waals surface area contributed by atoms with Crippen molar-refractivity contribution in [2.24, 2.45) is 0 Å². The lowest BCUT2D eigenvalue weighted by atomic mass is 10.2. The third-order valence-corrected chi connectivity index (χ3v) is 5.53. The first-order valence-electron chi connectivity index (χ1n) is 8.10. The Labute approximate surface area is 154 Å². The van der Waals surface area contributed by atoms with Crippen molar-refractivity contribution in [3.63, 3.8) is 0 Å². The van der Waals surface area contributed by atoms with Crippen LogP contribution in [0.5, 0.6) is 0 Å². The van der Waals surface area contributed by atoms with Gasteiger partial charge in [-0.2, -0.15) is 0 Å². The number of anilines is 2. The van der Waals surface area contributed by atoms with Gasteiger partial charge in [-0.05, 0) is 54.9 Å². The van der Waals surface area contributed by atoms with Crippen molar-refractivity contribution in [3.05, 3.63) is 48.2 Å². The van der Waals surface area contributed by atoms with Crippen LogP contribution in [0.15, 0.2) is 46.0 Å². The summed E-state index contributed by atoms with van der Waals surface area (Å²) in [5.41, 5.74) is 1.08. The molecule has 3 aromatic rings. The predicted molar refractivity (Wildman–Crippen MR) is 105 cm³/mol. The first kappa shape index (κ1) is 18.3. The van der Waals surface area contributed by atoms with Crippen LogP contribution in [0, 0.1) is 5.82 Å². The predicted octanol–water partition coefficient (Wildman–Crippen LogP) is 5.19. The maximum atomic E-state index is 14.6. The molecule has 3 rings (SSSR count). The van der Waals surface area contributed by atoms with E-state index in [1.54, 1.807) is 31.5 Å². The summed E-state index contributed by atoms with van der Waals surface area (Å²) in [7, 11) is -1.04. The molecule has 140 valence electrons. The Kier molecular flexibility index (Phi) is 4.91. The topological polar surface area (TPSA) is 64.4 Å². The van der Waals surface area contributed by atoms with Crippen molar-refractivity contribution in [1.29, 1.82) is 0 Å². The maximum absolute atomic E-state index is 14.6. The van der Waals surface area contributed by atoms with Crippen molar-refractivity contribution in [3.8, 4) is 0 Å². The highest BCUT2D eigenvalue weighted by molar-refractivity contribution is 8.32. The lowest BCUT2D eigenvalue weighted by Gasteiger charge is -2.26. The fraction of sp³-hybridized carbons (Fsp3) is 0.263. The minimum atomic E-state index is -1.04. The smallest absolute Gasteiger partial charge is 0.376 e. The van der Waals surface area contributed by atoms with E-state index in [4.69, 9.17) is 9.15 Å². The number of carbonyl (C=O) groups excluding carboxylic acids is 1. The van der Waals surface area contributed by atoms with E-state index in [0.29, 0.717) is 16.7 Å². The van der Waals surface area contributed by atoms with Crippen LogP contribution < -0.4 is 5.32 Å². The molecule has 0 aliphatic carbocycles. The van der Waals surface area contributed by atoms with Gasteiger partial charge in [0.1, 0.15) is 17.1 Å². The maximum Gasteiger partial charge on any atom is 0.376 e. The van der Waals surface area contributed by atoms with E-state index < -0.39 is 21.8 Å². The Hall–Kier alpha value is -2.54. The zero-order valence-electron chi connectivity index (χ0n) is 15.1. The van der Waals surface area contributed by atoms with Gasteiger partial charge in [0, 0.05) is 13.8 Å². The monoisotopic (exact) mass is 378 g/mol. The minimum absolute atomic E-state index is 0. The van der Waals surface area contributed by atoms with Crippen molar-refractivity contribution < 1.29 is 19.8 Å². The third-order valence-electron chi connectivity index (χ3n) is 3.86. The number of furan rings is 1. The highest BCUT2D eigenvalue weighted by atomic mass is 32.3. The number of nitrogens with zero attached hydrogens (tertiary/aromatic N) is 1. The van der Waals surface area contributed by atoms with E-state index in [1.807, 2.05) is 6.07 Å². The molecule has 0 spiro atoms. The number of benzene rings is 1. The van der Waals surface area contributed by atoms with Gasteiger partial charge in [-0.1, -0.05) is 0 Å². The molecule has 7 heteroatoms. The largest absolute Gasteiger partial charge is 0.460 e. The normalized spacial score (nSPS) is 12.2. The van der Waals surface area contributed by atoms with Gasteiger partial charge in [0.25, 0.3) is 0 Å². The Morgan fingerprint density at radius 3 is 2.77 bits per heavy atom. The number of pyridine rings is 1. The summed E-state index contributed by atoms with van der Waals surface area (Å²) in [4.78, 5) is 17.3. The Morgan fingerprint density at radius 2 is 2.12 bits per heavy atom. The first-order chi connectivity index (χ1) is 12.3. The molecule has 2 heterocycles. The summed E-state index contributed by atoms with van der Waals surface area (Å²) >= 11 is 0. The molecular formula is C19H23FN2O3S. The fourth-order valence-electron chi connectivity index (χ4n) is 2.52. The number of halogens is 1. The molecule has 0 bridgehead atoms. The first-order valence-corrected chi connectivity index (χ1v) is 11.0. The van der Waals surface area contributed by atoms with Gasteiger partial charge in [-0.15, -0.1) is 0 Å². The van der Waals surface area contributed by atoms with Crippen LogP contribution in [0.3, 0.4) is 0 Å². The van der Waals surface area contributed by atoms with Gasteiger partial charge in [-0.25, -0.2) is 19.2 Å². The van der Waals surface area contributed by atoms with Gasteiger partial charge >= 0.3 is 5.97 Å². The van der Waals surface area contributed by atoms with Crippen molar-refractivity contribution in [2.45, 2.75) is 11.8 Å². The lowest BCUT2D eigenvalue weighted by molar-refractivity contribution is 0.0494. The van der Waals surface area contributed by atoms with E-state index in [1.165, 1.54) is 6.07 Å². The van der Waals surface area contributed by atoms with Crippen molar-refractivity contribution >= 4 is 38.3 Å². The van der Waals surface area contributed by atoms with Gasteiger partial charge in [0.2, 0.25) is 5.76 Å². The van der Waals surface area contributed by atoms with Crippen LogP contribution in [-0.4, -0.2) is 36.3 Å². The summed E-state index contributed by atoms with van der Waals surface area (Å²) in [6, 6.07) is 6.74. The molecule has 0 saturated heterocycles. The summed E-state index contributed by atoms with van der Waals surface area (Å²) < 4.78 is 25.3. The molecule has 5 nitrogen and oxygen atoms in total. The second-order valence-electron chi connectivity index (χ2n) is 6.50. The van der Waals surface area contributed by atoms with E-state index >= 15 is 0 Å². The van der Waals surface area contributed by atoms with E-state index in [-0.39, 0.29) is 19.5 Å². The fourth-order valence-corrected chi connectivity index (χ4v) is 3.45. The molecule has 0 saturated carbocycles.